The number of nitrogens with zero attached hydrogens (tertiary/aromatic N) is 1. The fourth-order valence-corrected chi connectivity index (χ4v) is 7.85. The summed E-state index contributed by atoms with van der Waals surface area (Å²) in [7, 11) is 0. The monoisotopic (exact) mass is 344 g/mol. The van der Waals surface area contributed by atoms with Crippen molar-refractivity contribution in [1.29, 1.82) is 0 Å². The van der Waals surface area contributed by atoms with Crippen molar-refractivity contribution in [2.75, 3.05) is 13.1 Å². The van der Waals surface area contributed by atoms with Gasteiger partial charge in [0.1, 0.15) is 0 Å². The average Bonchev–Trinajstić information content (AvgIpc) is 2.84. The van der Waals surface area contributed by atoms with Crippen LogP contribution >= 0.6 is 0 Å². The smallest absolute Gasteiger partial charge is 0.0793 e. The molecule has 0 unspecified atom stereocenters. The van der Waals surface area contributed by atoms with Crippen LogP contribution in [-0.4, -0.2) is 34.9 Å². The minimum Gasteiger partial charge on any atom is -0.390 e. The molecular weight excluding hydrogens is 308 g/mol. The summed E-state index contributed by atoms with van der Waals surface area (Å²) in [6, 6.07) is 0. The van der Waals surface area contributed by atoms with Crippen molar-refractivity contribution >= 4 is 0 Å². The van der Waals surface area contributed by atoms with Gasteiger partial charge in [-0.05, 0) is 88.0 Å². The molecule has 0 aromatic carbocycles. The summed E-state index contributed by atoms with van der Waals surface area (Å²) in [6.45, 7) is 9.52. The van der Waals surface area contributed by atoms with Crippen LogP contribution in [0.4, 0.5) is 0 Å². The summed E-state index contributed by atoms with van der Waals surface area (Å²) in [5.41, 5.74) is 1.72. The second kappa shape index (κ2) is 5.25. The van der Waals surface area contributed by atoms with E-state index in [1.54, 1.807) is 5.70 Å². The molecule has 25 heavy (non-hydrogen) atoms. The van der Waals surface area contributed by atoms with Gasteiger partial charge < -0.3 is 10.0 Å². The van der Waals surface area contributed by atoms with Gasteiger partial charge in [0.2, 0.25) is 0 Å². The zero-order valence-corrected chi connectivity index (χ0v) is 16.4. The highest BCUT2D eigenvalue weighted by Gasteiger charge is 2.62. The Morgan fingerprint density at radius 1 is 1.08 bits per heavy atom. The van der Waals surface area contributed by atoms with Crippen LogP contribution < -0.4 is 5.32 Å². The highest BCUT2D eigenvalue weighted by Crippen LogP contribution is 2.67. The quantitative estimate of drug-likeness (QED) is 0.700. The number of allylic oxidation sites excluding steroid dienone is 2. The zero-order valence-electron chi connectivity index (χ0n) is 16.4. The predicted octanol–water partition coefficient (Wildman–Crippen LogP) is 3.89. The summed E-state index contributed by atoms with van der Waals surface area (Å²) in [5.74, 6) is 2.33. The summed E-state index contributed by atoms with van der Waals surface area (Å²) in [6.07, 6.45) is 13.1. The van der Waals surface area contributed by atoms with Gasteiger partial charge >= 0.3 is 0 Å². The maximum Gasteiger partial charge on any atom is 0.0793 e. The Bertz CT molecular complexity index is 599. The van der Waals surface area contributed by atoms with Crippen molar-refractivity contribution in [2.45, 2.75) is 83.9 Å². The van der Waals surface area contributed by atoms with Crippen LogP contribution in [0.25, 0.3) is 0 Å². The maximum absolute atomic E-state index is 11.1. The number of hydrogen-bond acceptors (Lipinski definition) is 3. The zero-order chi connectivity index (χ0) is 17.4. The molecule has 2 N–H and O–H groups in total. The standard InChI is InChI=1S/C22H36N2O/c1-20-10-9-19-23-13-4-14-24(19)18(20)6-5-15-16(20)7-11-21(2)17(15)8-12-22(21,3)25/h6,15-17,19,23,25H,4-5,7-14H2,1-3H3/t15-,16+,17-,19-,20+,21-,22-/m1/s1. The Balaban J connectivity index is 1.50. The van der Waals surface area contributed by atoms with Gasteiger partial charge in [-0.1, -0.05) is 19.9 Å². The van der Waals surface area contributed by atoms with E-state index < -0.39 is 5.60 Å². The minimum atomic E-state index is -0.456. The maximum atomic E-state index is 11.1. The Labute approximate surface area is 153 Å². The van der Waals surface area contributed by atoms with Crippen molar-refractivity contribution in [1.82, 2.24) is 10.2 Å². The molecule has 2 saturated carbocycles. The van der Waals surface area contributed by atoms with E-state index in [1.165, 1.54) is 58.0 Å². The van der Waals surface area contributed by atoms with Crippen LogP contribution in [0, 0.1) is 28.6 Å². The lowest BCUT2D eigenvalue weighted by Gasteiger charge is -2.61. The van der Waals surface area contributed by atoms with E-state index >= 15 is 0 Å². The number of hydrogen-bond donors (Lipinski definition) is 2. The molecule has 0 aromatic rings. The molecule has 0 spiro atoms. The van der Waals surface area contributed by atoms with Gasteiger partial charge in [-0.2, -0.15) is 0 Å². The second-order valence-electron chi connectivity index (χ2n) is 10.4. The van der Waals surface area contributed by atoms with E-state index in [1.807, 2.05) is 0 Å². The molecule has 5 aliphatic rings. The Morgan fingerprint density at radius 2 is 1.88 bits per heavy atom. The van der Waals surface area contributed by atoms with Crippen LogP contribution in [0.5, 0.6) is 0 Å². The van der Waals surface area contributed by atoms with Crippen LogP contribution in [-0.2, 0) is 0 Å². The SMILES string of the molecule is C[C@@]12CC[C@@H]3NCCCN3C1=CC[C@H]1[C@H]3CC[C@@](C)(O)[C@]3(C)CC[C@@H]12. The normalized spacial score (nSPS) is 54.9. The number of fused-ring (bicyclic) bond motifs is 7. The highest BCUT2D eigenvalue weighted by molar-refractivity contribution is 5.25. The van der Waals surface area contributed by atoms with E-state index in [0.29, 0.717) is 17.5 Å². The van der Waals surface area contributed by atoms with E-state index in [9.17, 15) is 5.11 Å². The van der Waals surface area contributed by atoms with Gasteiger partial charge in [0, 0.05) is 17.7 Å². The minimum absolute atomic E-state index is 0.139. The predicted molar refractivity (Wildman–Crippen MR) is 101 cm³/mol. The molecule has 2 saturated heterocycles. The molecule has 0 aromatic heterocycles. The molecule has 3 nitrogen and oxygen atoms in total. The Hall–Kier alpha value is -0.540. The first-order valence-corrected chi connectivity index (χ1v) is 10.8. The van der Waals surface area contributed by atoms with Gasteiger partial charge in [0.05, 0.1) is 11.8 Å². The second-order valence-corrected chi connectivity index (χ2v) is 10.4. The summed E-state index contributed by atoms with van der Waals surface area (Å²) >= 11 is 0. The van der Waals surface area contributed by atoms with Gasteiger partial charge in [-0.15, -0.1) is 0 Å². The molecule has 3 aliphatic carbocycles. The van der Waals surface area contributed by atoms with E-state index in [4.69, 9.17) is 0 Å². The molecule has 0 amide bonds. The summed E-state index contributed by atoms with van der Waals surface area (Å²) in [5, 5.41) is 14.8. The number of aliphatic hydroxyl groups is 1. The van der Waals surface area contributed by atoms with Crippen molar-refractivity contribution in [3.05, 3.63) is 11.8 Å². The molecule has 0 bridgehead atoms. The van der Waals surface area contributed by atoms with Crippen LogP contribution in [0.1, 0.15) is 72.1 Å². The van der Waals surface area contributed by atoms with E-state index in [-0.39, 0.29) is 5.41 Å². The third kappa shape index (κ3) is 2.06. The molecule has 4 fully saturated rings. The number of piperidine rings is 1. The highest BCUT2D eigenvalue weighted by atomic mass is 16.3. The van der Waals surface area contributed by atoms with Crippen molar-refractivity contribution in [3.8, 4) is 0 Å². The molecule has 3 heteroatoms. The molecule has 7 atom stereocenters. The first kappa shape index (κ1) is 16.6. The molecule has 0 radical (unpaired) electrons. The Kier molecular flexibility index (Phi) is 3.49. The first-order valence-electron chi connectivity index (χ1n) is 10.8. The lowest BCUT2D eigenvalue weighted by molar-refractivity contribution is -0.120. The van der Waals surface area contributed by atoms with Crippen LogP contribution in [0.2, 0.25) is 0 Å². The summed E-state index contributed by atoms with van der Waals surface area (Å²) < 4.78 is 0. The topological polar surface area (TPSA) is 35.5 Å². The first-order chi connectivity index (χ1) is 11.9. The molecule has 2 aliphatic heterocycles. The molecule has 5 rings (SSSR count). The number of rotatable bonds is 0. The van der Waals surface area contributed by atoms with Gasteiger partial charge in [0.25, 0.3) is 0 Å². The third-order valence-corrected chi connectivity index (χ3v) is 9.56. The van der Waals surface area contributed by atoms with Crippen LogP contribution in [0.15, 0.2) is 11.8 Å². The Morgan fingerprint density at radius 3 is 2.72 bits per heavy atom. The van der Waals surface area contributed by atoms with E-state index in [0.717, 1.165) is 18.3 Å². The summed E-state index contributed by atoms with van der Waals surface area (Å²) in [4.78, 5) is 2.72. The van der Waals surface area contributed by atoms with Gasteiger partial charge in [0.15, 0.2) is 0 Å². The van der Waals surface area contributed by atoms with Gasteiger partial charge in [-0.25, -0.2) is 0 Å². The van der Waals surface area contributed by atoms with Crippen molar-refractivity contribution in [2.24, 2.45) is 28.6 Å². The third-order valence-electron chi connectivity index (χ3n) is 9.56. The van der Waals surface area contributed by atoms with Gasteiger partial charge in [-0.3, -0.25) is 5.32 Å². The fourth-order valence-electron chi connectivity index (χ4n) is 7.85. The largest absolute Gasteiger partial charge is 0.390 e. The molecular formula is C22H36N2O. The number of nitrogens with one attached hydrogen (secondary N) is 1. The fraction of sp³-hybridized carbons (Fsp3) is 0.909. The lowest BCUT2D eigenvalue weighted by atomic mass is 9.48. The van der Waals surface area contributed by atoms with Crippen molar-refractivity contribution in [3.63, 3.8) is 0 Å². The molecule has 140 valence electrons. The molecule has 2 heterocycles. The van der Waals surface area contributed by atoms with E-state index in [2.05, 4.69) is 37.1 Å². The van der Waals surface area contributed by atoms with Crippen molar-refractivity contribution < 1.29 is 5.11 Å². The lowest BCUT2D eigenvalue weighted by Crippen LogP contribution is -2.61. The average molecular weight is 345 g/mol. The van der Waals surface area contributed by atoms with Crippen LogP contribution in [0.3, 0.4) is 0 Å².